The monoisotopic (exact) mass is 474 g/mol. The molecule has 0 bridgehead atoms. The SMILES string of the molecule is CC1CC[C@@]2(OC1)O[C@@]1(N)C[C@@H]3[C@](C)(CC[C@]4(N)[C@@]5(C)CC[C@H](N=O)C[C@H]5CC[C@@]34N)[C@H]1[C@@H]2C. The van der Waals surface area contributed by atoms with Crippen LogP contribution in [0.5, 0.6) is 0 Å². The second-order valence-corrected chi connectivity index (χ2v) is 14.1. The minimum Gasteiger partial charge on any atom is -0.349 e. The van der Waals surface area contributed by atoms with Gasteiger partial charge in [0, 0.05) is 29.3 Å². The van der Waals surface area contributed by atoms with Crippen LogP contribution < -0.4 is 17.2 Å². The molecular weight excluding hydrogens is 428 g/mol. The first-order valence-electron chi connectivity index (χ1n) is 13.9. The first kappa shape index (κ1) is 23.8. The maximum absolute atomic E-state index is 11.3. The van der Waals surface area contributed by atoms with Gasteiger partial charge in [-0.1, -0.05) is 32.9 Å². The van der Waals surface area contributed by atoms with Gasteiger partial charge < -0.3 is 26.7 Å². The fraction of sp³-hybridized carbons (Fsp3) is 1.00. The lowest BCUT2D eigenvalue weighted by molar-refractivity contribution is -0.290. The Kier molecular flexibility index (Phi) is 4.92. The largest absolute Gasteiger partial charge is 0.349 e. The molecule has 1 spiro atoms. The van der Waals surface area contributed by atoms with Crippen LogP contribution in [0, 0.1) is 45.3 Å². The molecule has 34 heavy (non-hydrogen) atoms. The summed E-state index contributed by atoms with van der Waals surface area (Å²) in [5, 5.41) is 3.41. The topological polar surface area (TPSA) is 126 Å². The Hall–Kier alpha value is -0.600. The van der Waals surface area contributed by atoms with Crippen molar-refractivity contribution in [2.75, 3.05) is 6.61 Å². The molecule has 4 aliphatic carbocycles. The Balaban J connectivity index is 1.35. The van der Waals surface area contributed by atoms with Gasteiger partial charge >= 0.3 is 0 Å². The number of rotatable bonds is 1. The van der Waals surface area contributed by atoms with Gasteiger partial charge in [0.25, 0.3) is 0 Å². The number of nitroso groups, excluding NO2 is 1. The average Bonchev–Trinajstić information content (AvgIpc) is 3.17. The summed E-state index contributed by atoms with van der Waals surface area (Å²) in [4.78, 5) is 11.3. The van der Waals surface area contributed by atoms with Crippen molar-refractivity contribution in [1.82, 2.24) is 0 Å². The molecule has 0 radical (unpaired) electrons. The van der Waals surface area contributed by atoms with Crippen molar-refractivity contribution in [2.24, 2.45) is 62.8 Å². The molecule has 4 saturated carbocycles. The lowest BCUT2D eigenvalue weighted by Gasteiger charge is -2.70. The minimum atomic E-state index is -0.714. The van der Waals surface area contributed by atoms with Crippen LogP contribution in [-0.2, 0) is 9.47 Å². The van der Waals surface area contributed by atoms with E-state index >= 15 is 0 Å². The third-order valence-electron chi connectivity index (χ3n) is 12.8. The minimum absolute atomic E-state index is 0.0214. The molecule has 1 unspecified atom stereocenters. The van der Waals surface area contributed by atoms with Crippen LogP contribution in [-0.4, -0.2) is 35.2 Å². The van der Waals surface area contributed by atoms with Gasteiger partial charge in [0.05, 0.1) is 12.6 Å². The Morgan fingerprint density at radius 2 is 1.71 bits per heavy atom. The lowest BCUT2D eigenvalue weighted by Crippen LogP contribution is -2.82. The van der Waals surface area contributed by atoms with E-state index in [1.54, 1.807) is 0 Å². The fourth-order valence-electron chi connectivity index (χ4n) is 10.8. The fourth-order valence-corrected chi connectivity index (χ4v) is 10.8. The van der Waals surface area contributed by atoms with Crippen LogP contribution in [0.1, 0.15) is 91.9 Å². The molecule has 6 rings (SSSR count). The maximum Gasteiger partial charge on any atom is 0.173 e. The van der Waals surface area contributed by atoms with Crippen LogP contribution in [0.2, 0.25) is 0 Å². The molecule has 2 saturated heterocycles. The van der Waals surface area contributed by atoms with E-state index in [2.05, 4.69) is 32.9 Å². The van der Waals surface area contributed by atoms with E-state index in [0.717, 1.165) is 70.8 Å². The summed E-state index contributed by atoms with van der Waals surface area (Å²) in [6.07, 6.45) is 9.28. The van der Waals surface area contributed by atoms with Gasteiger partial charge in [-0.15, -0.1) is 0 Å². The maximum atomic E-state index is 11.3. The van der Waals surface area contributed by atoms with Crippen molar-refractivity contribution >= 4 is 0 Å². The molecule has 0 aromatic heterocycles. The molecule has 192 valence electrons. The quantitative estimate of drug-likeness (QED) is 0.493. The van der Waals surface area contributed by atoms with E-state index in [1.807, 2.05) is 0 Å². The standard InChI is InChI=1S/C27H46N4O3/c1-16-5-10-26(33-15-16)17(2)21-22(3)11-12-27(30)23(4)8-7-19(31-32)13-18(23)6-9-24(27,28)20(22)14-25(21,29)34-26/h16-21H,5-15,28-30H2,1-4H3/t16?,17-,18+,19-,20+,21+,22-,23-,24+,25-,26+,27-/m0/s1. The van der Waals surface area contributed by atoms with Crippen molar-refractivity contribution in [3.05, 3.63) is 4.91 Å². The summed E-state index contributed by atoms with van der Waals surface area (Å²) in [6.45, 7) is 10.1. The Morgan fingerprint density at radius 3 is 2.38 bits per heavy atom. The van der Waals surface area contributed by atoms with Gasteiger partial charge in [-0.25, -0.2) is 0 Å². The van der Waals surface area contributed by atoms with Gasteiger partial charge in [0.2, 0.25) is 0 Å². The Labute approximate surface area is 204 Å². The summed E-state index contributed by atoms with van der Waals surface area (Å²) >= 11 is 0. The van der Waals surface area contributed by atoms with Crippen molar-refractivity contribution in [1.29, 1.82) is 0 Å². The van der Waals surface area contributed by atoms with E-state index in [1.165, 1.54) is 0 Å². The molecule has 12 atom stereocenters. The van der Waals surface area contributed by atoms with Gasteiger partial charge in [-0.05, 0) is 86.4 Å². The number of hydrogen-bond acceptors (Lipinski definition) is 7. The van der Waals surface area contributed by atoms with Gasteiger partial charge in [0.15, 0.2) is 5.79 Å². The second-order valence-electron chi connectivity index (χ2n) is 14.1. The summed E-state index contributed by atoms with van der Waals surface area (Å²) in [5.41, 5.74) is 20.6. The average molecular weight is 475 g/mol. The third kappa shape index (κ3) is 2.61. The van der Waals surface area contributed by atoms with E-state index in [-0.39, 0.29) is 34.6 Å². The van der Waals surface area contributed by atoms with Crippen molar-refractivity contribution in [3.8, 4) is 0 Å². The van der Waals surface area contributed by atoms with E-state index in [9.17, 15) is 4.91 Å². The normalized spacial score (nSPS) is 63.0. The van der Waals surface area contributed by atoms with Gasteiger partial charge in [-0.2, -0.15) is 4.91 Å². The Morgan fingerprint density at radius 1 is 0.941 bits per heavy atom. The summed E-state index contributed by atoms with van der Waals surface area (Å²) in [6, 6.07) is -0.0670. The second kappa shape index (κ2) is 7.03. The smallest absolute Gasteiger partial charge is 0.173 e. The third-order valence-corrected chi connectivity index (χ3v) is 12.8. The van der Waals surface area contributed by atoms with Crippen LogP contribution in [0.25, 0.3) is 0 Å². The number of fused-ring (bicyclic) bond motifs is 7. The number of nitrogens with two attached hydrogens (primary N) is 3. The highest BCUT2D eigenvalue weighted by Crippen LogP contribution is 2.74. The highest BCUT2D eigenvalue weighted by molar-refractivity contribution is 5.31. The number of ether oxygens (including phenoxy) is 2. The predicted molar refractivity (Wildman–Crippen MR) is 131 cm³/mol. The molecular formula is C27H46N4O3. The molecule has 6 fully saturated rings. The van der Waals surface area contributed by atoms with Gasteiger partial charge in [0.1, 0.15) is 5.72 Å². The molecule has 7 nitrogen and oxygen atoms in total. The zero-order chi connectivity index (χ0) is 24.4. The zero-order valence-corrected chi connectivity index (χ0v) is 21.6. The lowest BCUT2D eigenvalue weighted by atomic mass is 9.38. The number of hydrogen-bond donors (Lipinski definition) is 3. The van der Waals surface area contributed by atoms with Crippen molar-refractivity contribution < 1.29 is 9.47 Å². The van der Waals surface area contributed by atoms with Crippen molar-refractivity contribution in [3.63, 3.8) is 0 Å². The molecule has 0 aromatic rings. The highest BCUT2D eigenvalue weighted by Gasteiger charge is 2.78. The highest BCUT2D eigenvalue weighted by atomic mass is 16.7. The zero-order valence-electron chi connectivity index (χ0n) is 21.6. The van der Waals surface area contributed by atoms with Crippen LogP contribution in [0.4, 0.5) is 0 Å². The number of nitrogens with zero attached hydrogens (tertiary/aromatic N) is 1. The first-order chi connectivity index (χ1) is 15.9. The molecule has 0 amide bonds. The molecule has 6 N–H and O–H groups in total. The molecule has 2 aliphatic heterocycles. The Bertz CT molecular complexity index is 878. The molecule has 2 heterocycles. The summed E-state index contributed by atoms with van der Waals surface area (Å²) in [5.74, 6) is 1.09. The van der Waals surface area contributed by atoms with E-state index in [0.29, 0.717) is 11.8 Å². The van der Waals surface area contributed by atoms with E-state index < -0.39 is 22.6 Å². The summed E-state index contributed by atoms with van der Waals surface area (Å²) in [7, 11) is 0. The van der Waals surface area contributed by atoms with Crippen LogP contribution >= 0.6 is 0 Å². The first-order valence-corrected chi connectivity index (χ1v) is 13.9. The summed E-state index contributed by atoms with van der Waals surface area (Å²) < 4.78 is 13.3. The molecule has 0 aromatic carbocycles. The van der Waals surface area contributed by atoms with Crippen molar-refractivity contribution in [2.45, 2.75) is 121 Å². The van der Waals surface area contributed by atoms with Crippen LogP contribution in [0.3, 0.4) is 0 Å². The predicted octanol–water partition coefficient (Wildman–Crippen LogP) is 4.02. The van der Waals surface area contributed by atoms with Gasteiger partial charge in [-0.3, -0.25) is 0 Å². The van der Waals surface area contributed by atoms with Crippen LogP contribution in [0.15, 0.2) is 5.18 Å². The molecule has 6 aliphatic rings. The van der Waals surface area contributed by atoms with E-state index in [4.69, 9.17) is 26.7 Å². The molecule has 7 heteroatoms.